The molecule has 0 aromatic heterocycles. The molecule has 0 aliphatic carbocycles. The number of aliphatic imine (C=N–C) groups is 1. The Balaban J connectivity index is -0.000000105. The average Bonchev–Trinajstić information content (AvgIpc) is 2.08. The molecule has 0 aliphatic heterocycles. The first-order valence-corrected chi connectivity index (χ1v) is 3.70. The molecule has 0 bridgehead atoms. The molecule has 0 fully saturated rings. The van der Waals surface area contributed by atoms with Crippen molar-refractivity contribution in [3.8, 4) is 0 Å². The van der Waals surface area contributed by atoms with E-state index >= 15 is 0 Å². The minimum atomic E-state index is 1.58. The molecule has 0 saturated heterocycles. The van der Waals surface area contributed by atoms with Gasteiger partial charge >= 0.3 is 0 Å². The summed E-state index contributed by atoms with van der Waals surface area (Å²) in [4.78, 5) is 3.43. The maximum Gasteiger partial charge on any atom is 0.0417 e. The van der Waals surface area contributed by atoms with E-state index in [1.165, 1.54) is 0 Å². The topological polar surface area (TPSA) is 24.4 Å². The van der Waals surface area contributed by atoms with E-state index in [0.29, 0.717) is 0 Å². The highest BCUT2D eigenvalue weighted by molar-refractivity contribution is 5.25. The Morgan fingerprint density at radius 2 is 1.60 bits per heavy atom. The zero-order valence-corrected chi connectivity index (χ0v) is 7.81. The summed E-state index contributed by atoms with van der Waals surface area (Å²) in [5, 5.41) is 2.75. The van der Waals surface area contributed by atoms with Gasteiger partial charge in [-0.15, -0.1) is 0 Å². The van der Waals surface area contributed by atoms with E-state index in [1.54, 1.807) is 12.4 Å². The molecule has 0 aliphatic rings. The fourth-order valence-corrected chi connectivity index (χ4v) is 0.127. The number of hydrogen-bond acceptors (Lipinski definition) is 2. The second-order valence-electron chi connectivity index (χ2n) is 0.787. The zero-order chi connectivity index (χ0) is 8.83. The van der Waals surface area contributed by atoms with E-state index in [-0.39, 0.29) is 0 Å². The summed E-state index contributed by atoms with van der Waals surface area (Å²) in [6.45, 7) is 11.2. The molecule has 10 heavy (non-hydrogen) atoms. The maximum absolute atomic E-state index is 3.43. The number of hydrogen-bond donors (Lipinski definition) is 1. The highest BCUT2D eigenvalue weighted by Crippen LogP contribution is 1.60. The minimum Gasteiger partial charge on any atom is -0.393 e. The third kappa shape index (κ3) is 56.9. The Labute approximate surface area is 65.1 Å². The molecule has 2 nitrogen and oxygen atoms in total. The third-order valence-corrected chi connectivity index (χ3v) is 0.347. The summed E-state index contributed by atoms with van der Waals surface area (Å²) < 4.78 is 0. The quantitative estimate of drug-likeness (QED) is 0.591. The van der Waals surface area contributed by atoms with Crippen LogP contribution in [0.25, 0.3) is 0 Å². The standard InChI is InChI=1S/C4H8N2.2C2H6/c1-5-3-4-6-2;2*1-2/h3-4,6H,1H2,2H3;2*1-2H3/b4-3-;;. The predicted molar refractivity (Wildman–Crippen MR) is 50.4 cm³/mol. The van der Waals surface area contributed by atoms with Gasteiger partial charge in [-0.25, -0.2) is 0 Å². The van der Waals surface area contributed by atoms with Crippen LogP contribution < -0.4 is 5.32 Å². The van der Waals surface area contributed by atoms with Crippen molar-refractivity contribution in [1.82, 2.24) is 5.32 Å². The monoisotopic (exact) mass is 144 g/mol. The molecule has 0 aromatic rings. The van der Waals surface area contributed by atoms with E-state index < -0.39 is 0 Å². The van der Waals surface area contributed by atoms with Crippen LogP contribution in [0.15, 0.2) is 17.4 Å². The van der Waals surface area contributed by atoms with Crippen LogP contribution in [0.3, 0.4) is 0 Å². The first-order valence-electron chi connectivity index (χ1n) is 3.70. The van der Waals surface area contributed by atoms with Gasteiger partial charge in [0.25, 0.3) is 0 Å². The van der Waals surface area contributed by atoms with Gasteiger partial charge in [0.15, 0.2) is 0 Å². The summed E-state index contributed by atoms with van der Waals surface area (Å²) in [6.07, 6.45) is 3.28. The highest BCUT2D eigenvalue weighted by atomic mass is 14.8. The molecule has 2 heteroatoms. The van der Waals surface area contributed by atoms with E-state index in [1.807, 2.05) is 34.7 Å². The van der Waals surface area contributed by atoms with Crippen LogP contribution in [0.2, 0.25) is 0 Å². The lowest BCUT2D eigenvalue weighted by Crippen LogP contribution is -1.89. The second kappa shape index (κ2) is 41.4. The van der Waals surface area contributed by atoms with Crippen molar-refractivity contribution in [2.24, 2.45) is 4.99 Å². The van der Waals surface area contributed by atoms with Crippen LogP contribution in [0, 0.1) is 0 Å². The van der Waals surface area contributed by atoms with Crippen molar-refractivity contribution in [1.29, 1.82) is 0 Å². The van der Waals surface area contributed by atoms with E-state index in [0.717, 1.165) is 0 Å². The fourth-order valence-electron chi connectivity index (χ4n) is 0.127. The lowest BCUT2D eigenvalue weighted by Gasteiger charge is -1.76. The van der Waals surface area contributed by atoms with Gasteiger partial charge in [-0.3, -0.25) is 4.99 Å². The van der Waals surface area contributed by atoms with Crippen LogP contribution in [-0.4, -0.2) is 13.8 Å². The largest absolute Gasteiger partial charge is 0.393 e. The Hall–Kier alpha value is -0.790. The molecule has 0 unspecified atom stereocenters. The van der Waals surface area contributed by atoms with Gasteiger partial charge < -0.3 is 5.32 Å². The Morgan fingerprint density at radius 3 is 1.70 bits per heavy atom. The van der Waals surface area contributed by atoms with Crippen molar-refractivity contribution >= 4 is 6.72 Å². The summed E-state index contributed by atoms with van der Waals surface area (Å²) >= 11 is 0. The van der Waals surface area contributed by atoms with E-state index in [4.69, 9.17) is 0 Å². The summed E-state index contributed by atoms with van der Waals surface area (Å²) in [5.74, 6) is 0. The first kappa shape index (κ1) is 16.1. The molecule has 0 saturated carbocycles. The van der Waals surface area contributed by atoms with Crippen LogP contribution in [-0.2, 0) is 0 Å². The highest BCUT2D eigenvalue weighted by Gasteiger charge is 1.50. The second-order valence-corrected chi connectivity index (χ2v) is 0.787. The van der Waals surface area contributed by atoms with Crippen LogP contribution in [0.5, 0.6) is 0 Å². The SMILES string of the molecule is C=N/C=C\NC.CC.CC. The van der Waals surface area contributed by atoms with Crippen LogP contribution in [0.4, 0.5) is 0 Å². The Bertz CT molecular complexity index is 58.3. The third-order valence-electron chi connectivity index (χ3n) is 0.347. The molecular formula is C8H20N2. The van der Waals surface area contributed by atoms with Crippen molar-refractivity contribution in [3.63, 3.8) is 0 Å². The van der Waals surface area contributed by atoms with Crippen molar-refractivity contribution in [2.45, 2.75) is 27.7 Å². The predicted octanol–water partition coefficient (Wildman–Crippen LogP) is 2.43. The molecule has 0 spiro atoms. The molecular weight excluding hydrogens is 124 g/mol. The van der Waals surface area contributed by atoms with Gasteiger partial charge in [-0.1, -0.05) is 27.7 Å². The van der Waals surface area contributed by atoms with Gasteiger partial charge in [0.05, 0.1) is 0 Å². The van der Waals surface area contributed by atoms with Crippen LogP contribution >= 0.6 is 0 Å². The van der Waals surface area contributed by atoms with Crippen molar-refractivity contribution in [2.75, 3.05) is 7.05 Å². The van der Waals surface area contributed by atoms with Gasteiger partial charge in [-0.2, -0.15) is 0 Å². The zero-order valence-electron chi connectivity index (χ0n) is 7.81. The van der Waals surface area contributed by atoms with Gasteiger partial charge in [0.1, 0.15) is 0 Å². The van der Waals surface area contributed by atoms with Gasteiger partial charge in [-0.05, 0) is 6.72 Å². The van der Waals surface area contributed by atoms with E-state index in [9.17, 15) is 0 Å². The molecule has 0 radical (unpaired) electrons. The molecule has 0 amide bonds. The lowest BCUT2D eigenvalue weighted by atomic mass is 10.9. The number of nitrogens with zero attached hydrogens (tertiary/aromatic N) is 1. The van der Waals surface area contributed by atoms with Crippen molar-refractivity contribution in [3.05, 3.63) is 12.4 Å². The number of rotatable bonds is 2. The normalized spacial score (nSPS) is 6.50. The van der Waals surface area contributed by atoms with Crippen LogP contribution in [0.1, 0.15) is 27.7 Å². The average molecular weight is 144 g/mol. The van der Waals surface area contributed by atoms with Gasteiger partial charge in [0.2, 0.25) is 0 Å². The molecule has 1 N–H and O–H groups in total. The van der Waals surface area contributed by atoms with E-state index in [2.05, 4.69) is 17.0 Å². The Kier molecular flexibility index (Phi) is 66.7. The minimum absolute atomic E-state index is 1.58. The van der Waals surface area contributed by atoms with Crippen molar-refractivity contribution < 1.29 is 0 Å². The number of nitrogens with one attached hydrogen (secondary N) is 1. The summed E-state index contributed by atoms with van der Waals surface area (Å²) in [5.41, 5.74) is 0. The Morgan fingerprint density at radius 1 is 1.20 bits per heavy atom. The first-order chi connectivity index (χ1) is 4.91. The molecule has 62 valence electrons. The molecule has 0 atom stereocenters. The lowest BCUT2D eigenvalue weighted by molar-refractivity contribution is 1.10. The summed E-state index contributed by atoms with van der Waals surface area (Å²) in [6, 6.07) is 0. The molecule has 0 aromatic carbocycles. The van der Waals surface area contributed by atoms with Gasteiger partial charge in [0, 0.05) is 19.4 Å². The summed E-state index contributed by atoms with van der Waals surface area (Å²) in [7, 11) is 1.81. The maximum atomic E-state index is 3.43. The molecule has 0 heterocycles. The fraction of sp³-hybridized carbons (Fsp3) is 0.625. The molecule has 0 rings (SSSR count). The smallest absolute Gasteiger partial charge is 0.0417 e.